The van der Waals surface area contributed by atoms with Crippen LogP contribution in [0.5, 0.6) is 5.75 Å². The molecule has 2 aromatic carbocycles. The van der Waals surface area contributed by atoms with Crippen molar-refractivity contribution in [3.63, 3.8) is 0 Å². The molecule has 0 aliphatic heterocycles. The van der Waals surface area contributed by atoms with Gasteiger partial charge in [0.15, 0.2) is 6.10 Å². The number of nitrogens with zero attached hydrogens (tertiary/aromatic N) is 1. The van der Waals surface area contributed by atoms with Gasteiger partial charge in [0.05, 0.1) is 0 Å². The van der Waals surface area contributed by atoms with Crippen LogP contribution >= 0.6 is 0 Å². The molecule has 2 nitrogen and oxygen atoms in total. The second kappa shape index (κ2) is 6.77. The Bertz CT molecular complexity index is 613. The molecule has 20 heavy (non-hydrogen) atoms. The lowest BCUT2D eigenvalue weighted by molar-refractivity contribution is 0.244. The molecular formula is C18H19NO. The molecule has 1 unspecified atom stereocenters. The zero-order valence-electron chi connectivity index (χ0n) is 12.0. The van der Waals surface area contributed by atoms with E-state index >= 15 is 0 Å². The summed E-state index contributed by atoms with van der Waals surface area (Å²) in [5, 5.41) is 9.24. The number of rotatable bonds is 5. The zero-order chi connectivity index (χ0) is 14.4. The monoisotopic (exact) mass is 265 g/mol. The fraction of sp³-hybridized carbons (Fsp3) is 0.278. The Labute approximate surface area is 120 Å². The van der Waals surface area contributed by atoms with Gasteiger partial charge < -0.3 is 4.74 Å². The molecule has 1 atom stereocenters. The largest absolute Gasteiger partial charge is 0.475 e. The number of ether oxygens (including phenoxy) is 1. The van der Waals surface area contributed by atoms with Crippen LogP contribution in [0.2, 0.25) is 0 Å². The quantitative estimate of drug-likeness (QED) is 0.811. The van der Waals surface area contributed by atoms with Crippen molar-refractivity contribution in [1.82, 2.24) is 0 Å². The summed E-state index contributed by atoms with van der Waals surface area (Å²) in [7, 11) is 0. The van der Waals surface area contributed by atoms with Crippen molar-refractivity contribution >= 4 is 0 Å². The van der Waals surface area contributed by atoms with E-state index in [0.29, 0.717) is 6.42 Å². The van der Waals surface area contributed by atoms with Crippen molar-refractivity contribution in [2.75, 3.05) is 0 Å². The predicted octanol–water partition coefficient (Wildman–Crippen LogP) is 4.21. The second-order valence-corrected chi connectivity index (χ2v) is 5.03. The number of aryl methyl sites for hydroxylation is 3. The molecular weight excluding hydrogens is 246 g/mol. The number of nitriles is 1. The van der Waals surface area contributed by atoms with Gasteiger partial charge in [-0.15, -0.1) is 0 Å². The molecule has 0 fully saturated rings. The van der Waals surface area contributed by atoms with E-state index in [0.717, 1.165) is 17.7 Å². The number of hydrogen-bond acceptors (Lipinski definition) is 2. The van der Waals surface area contributed by atoms with Gasteiger partial charge in [-0.25, -0.2) is 0 Å². The molecule has 0 N–H and O–H groups in total. The van der Waals surface area contributed by atoms with Crippen molar-refractivity contribution < 1.29 is 4.74 Å². The van der Waals surface area contributed by atoms with Crippen LogP contribution in [0.15, 0.2) is 48.5 Å². The molecule has 0 aliphatic carbocycles. The van der Waals surface area contributed by atoms with E-state index in [1.807, 2.05) is 37.3 Å². The first kappa shape index (κ1) is 14.1. The average Bonchev–Trinajstić information content (AvgIpc) is 2.45. The number of hydrogen-bond donors (Lipinski definition) is 0. The summed E-state index contributed by atoms with van der Waals surface area (Å²) in [5.74, 6) is 0.795. The molecule has 0 heterocycles. The minimum Gasteiger partial charge on any atom is -0.475 e. The molecule has 0 saturated carbocycles. The Morgan fingerprint density at radius 1 is 1.10 bits per heavy atom. The van der Waals surface area contributed by atoms with E-state index in [9.17, 15) is 5.26 Å². The molecule has 2 aromatic rings. The Balaban J connectivity index is 1.97. The second-order valence-electron chi connectivity index (χ2n) is 5.03. The average molecular weight is 265 g/mol. The van der Waals surface area contributed by atoms with Crippen LogP contribution in [0.1, 0.15) is 23.1 Å². The smallest absolute Gasteiger partial charge is 0.184 e. The lowest BCUT2D eigenvalue weighted by Crippen LogP contribution is -2.15. The zero-order valence-corrected chi connectivity index (χ0v) is 12.0. The van der Waals surface area contributed by atoms with E-state index in [1.54, 1.807) is 0 Å². The van der Waals surface area contributed by atoms with Crippen LogP contribution in [0, 0.1) is 25.2 Å². The maximum Gasteiger partial charge on any atom is 0.184 e. The first-order valence-electron chi connectivity index (χ1n) is 6.86. The normalized spacial score (nSPS) is 11.7. The third-order valence-corrected chi connectivity index (χ3v) is 3.28. The Morgan fingerprint density at radius 3 is 2.60 bits per heavy atom. The molecule has 0 bridgehead atoms. The van der Waals surface area contributed by atoms with Gasteiger partial charge in [0.25, 0.3) is 0 Å². The van der Waals surface area contributed by atoms with Crippen molar-refractivity contribution in [1.29, 1.82) is 5.26 Å². The molecule has 0 radical (unpaired) electrons. The maximum atomic E-state index is 9.24. The van der Waals surface area contributed by atoms with Gasteiger partial charge in [0.1, 0.15) is 11.8 Å². The molecule has 0 aliphatic rings. The fourth-order valence-corrected chi connectivity index (χ4v) is 2.16. The summed E-state index contributed by atoms with van der Waals surface area (Å²) in [4.78, 5) is 0. The molecule has 2 rings (SSSR count). The molecule has 102 valence electrons. The van der Waals surface area contributed by atoms with Gasteiger partial charge in [0, 0.05) is 6.42 Å². The van der Waals surface area contributed by atoms with E-state index in [4.69, 9.17) is 4.74 Å². The molecule has 0 amide bonds. The number of para-hydroxylation sites is 1. The van der Waals surface area contributed by atoms with Gasteiger partial charge in [-0.2, -0.15) is 5.26 Å². The van der Waals surface area contributed by atoms with E-state index in [1.165, 1.54) is 11.1 Å². The van der Waals surface area contributed by atoms with E-state index < -0.39 is 6.10 Å². The molecule has 0 saturated heterocycles. The highest BCUT2D eigenvalue weighted by Gasteiger charge is 2.10. The van der Waals surface area contributed by atoms with Crippen LogP contribution in [0.25, 0.3) is 0 Å². The van der Waals surface area contributed by atoms with Gasteiger partial charge in [-0.3, -0.25) is 0 Å². The predicted molar refractivity (Wildman–Crippen MR) is 80.7 cm³/mol. The van der Waals surface area contributed by atoms with Crippen molar-refractivity contribution in [2.45, 2.75) is 32.8 Å². The van der Waals surface area contributed by atoms with Crippen molar-refractivity contribution in [3.8, 4) is 11.8 Å². The standard InChI is InChI=1S/C18H19NO/c1-14-6-5-8-16(12-14)10-11-17(13-19)20-18-9-4-3-7-15(18)2/h3-9,12,17H,10-11H2,1-2H3. The Morgan fingerprint density at radius 2 is 1.90 bits per heavy atom. The van der Waals surface area contributed by atoms with Gasteiger partial charge in [-0.1, -0.05) is 48.0 Å². The maximum absolute atomic E-state index is 9.24. The lowest BCUT2D eigenvalue weighted by atomic mass is 10.1. The van der Waals surface area contributed by atoms with Crippen molar-refractivity contribution in [2.24, 2.45) is 0 Å². The minimum atomic E-state index is -0.406. The molecule has 0 aromatic heterocycles. The van der Waals surface area contributed by atoms with Crippen molar-refractivity contribution in [3.05, 3.63) is 65.2 Å². The molecule has 2 heteroatoms. The third-order valence-electron chi connectivity index (χ3n) is 3.28. The van der Waals surface area contributed by atoms with E-state index in [2.05, 4.69) is 31.2 Å². The summed E-state index contributed by atoms with van der Waals surface area (Å²) < 4.78 is 5.79. The summed E-state index contributed by atoms with van der Waals surface area (Å²) in [5.41, 5.74) is 3.55. The first-order valence-corrected chi connectivity index (χ1v) is 6.86. The Kier molecular flexibility index (Phi) is 4.79. The highest BCUT2D eigenvalue weighted by atomic mass is 16.5. The van der Waals surface area contributed by atoms with Crippen LogP contribution in [0.4, 0.5) is 0 Å². The summed E-state index contributed by atoms with van der Waals surface area (Å²) in [6, 6.07) is 18.4. The van der Waals surface area contributed by atoms with Gasteiger partial charge in [0.2, 0.25) is 0 Å². The van der Waals surface area contributed by atoms with Crippen LogP contribution < -0.4 is 4.74 Å². The highest BCUT2D eigenvalue weighted by molar-refractivity contribution is 5.32. The summed E-state index contributed by atoms with van der Waals surface area (Å²) in [6.07, 6.45) is 1.15. The Hall–Kier alpha value is -2.27. The van der Waals surface area contributed by atoms with Gasteiger partial charge >= 0.3 is 0 Å². The third kappa shape index (κ3) is 3.86. The van der Waals surface area contributed by atoms with E-state index in [-0.39, 0.29) is 0 Å². The summed E-state index contributed by atoms with van der Waals surface area (Å²) in [6.45, 7) is 4.07. The van der Waals surface area contributed by atoms with Gasteiger partial charge in [-0.05, 0) is 37.5 Å². The fourth-order valence-electron chi connectivity index (χ4n) is 2.16. The van der Waals surface area contributed by atoms with Crippen LogP contribution in [-0.4, -0.2) is 6.10 Å². The SMILES string of the molecule is Cc1cccc(CCC(C#N)Oc2ccccc2C)c1. The topological polar surface area (TPSA) is 33.0 Å². The van der Waals surface area contributed by atoms with Crippen LogP contribution in [-0.2, 0) is 6.42 Å². The van der Waals surface area contributed by atoms with Crippen LogP contribution in [0.3, 0.4) is 0 Å². The lowest BCUT2D eigenvalue weighted by Gasteiger charge is -2.14. The summed E-state index contributed by atoms with van der Waals surface area (Å²) >= 11 is 0. The minimum absolute atomic E-state index is 0.406. The first-order chi connectivity index (χ1) is 9.69. The molecule has 0 spiro atoms. The highest BCUT2D eigenvalue weighted by Crippen LogP contribution is 2.19. The number of benzene rings is 2.